The van der Waals surface area contributed by atoms with E-state index in [1.807, 2.05) is 61.2 Å². The second kappa shape index (κ2) is 49.7. The van der Waals surface area contributed by atoms with Gasteiger partial charge in [-0.2, -0.15) is 11.8 Å². The molecule has 0 fully saturated rings. The summed E-state index contributed by atoms with van der Waals surface area (Å²) in [5, 5.41) is 0. The van der Waals surface area contributed by atoms with Crippen LogP contribution in [0.5, 0.6) is 0 Å². The lowest BCUT2D eigenvalue weighted by molar-refractivity contribution is -0.299. The summed E-state index contributed by atoms with van der Waals surface area (Å²) in [5.74, 6) is -0.219. The highest BCUT2D eigenvalue weighted by Gasteiger charge is 2.14. The molecule has 0 aromatic rings. The summed E-state index contributed by atoms with van der Waals surface area (Å²) in [7, 11) is 11.8. The minimum absolute atomic E-state index is 0.0144. The van der Waals surface area contributed by atoms with Gasteiger partial charge in [-0.3, -0.25) is 19.2 Å². The minimum atomic E-state index is -0.386. The second-order valence-electron chi connectivity index (χ2n) is 12.9. The number of carbonyl (C=O) groups is 5. The number of aldehydes is 1. The first-order valence-electron chi connectivity index (χ1n) is 20.4. The molecule has 0 rings (SSSR count). The van der Waals surface area contributed by atoms with Crippen LogP contribution in [-0.4, -0.2) is 176 Å². The van der Waals surface area contributed by atoms with Crippen LogP contribution in [0.25, 0.3) is 0 Å². The third-order valence-electron chi connectivity index (χ3n) is 7.65. The van der Waals surface area contributed by atoms with Gasteiger partial charge in [-0.1, -0.05) is 52.5 Å². The van der Waals surface area contributed by atoms with Crippen LogP contribution in [0.4, 0.5) is 0 Å². The normalized spacial score (nSPS) is 11.6. The molecule has 0 bridgehead atoms. The summed E-state index contributed by atoms with van der Waals surface area (Å²) in [6.45, 7) is 17.7. The lowest BCUT2D eigenvalue weighted by Gasteiger charge is -2.25. The summed E-state index contributed by atoms with van der Waals surface area (Å²) in [6.07, 6.45) is 8.94. The van der Waals surface area contributed by atoms with Gasteiger partial charge in [0.15, 0.2) is 0 Å². The van der Waals surface area contributed by atoms with Crippen LogP contribution in [0, 0.1) is 11.8 Å². The van der Waals surface area contributed by atoms with Gasteiger partial charge in [0.05, 0.1) is 32.0 Å². The number of carbonyl (C=O) groups excluding carboxylic acids is 5. The van der Waals surface area contributed by atoms with Crippen LogP contribution in [0.2, 0.25) is 0 Å². The van der Waals surface area contributed by atoms with Crippen LogP contribution in [-0.2, 0) is 57.4 Å². The van der Waals surface area contributed by atoms with Crippen molar-refractivity contribution in [2.45, 2.75) is 86.5 Å². The molecule has 18 heteroatoms. The Balaban J connectivity index is -0.00000106. The highest BCUT2D eigenvalue weighted by atomic mass is 35.7. The van der Waals surface area contributed by atoms with Crippen molar-refractivity contribution in [3.63, 3.8) is 0 Å². The maximum absolute atomic E-state index is 12.2. The van der Waals surface area contributed by atoms with E-state index in [1.54, 1.807) is 25.8 Å². The van der Waals surface area contributed by atoms with Gasteiger partial charge in [0.2, 0.25) is 0 Å². The molecule has 2 unspecified atom stereocenters. The van der Waals surface area contributed by atoms with Gasteiger partial charge < -0.3 is 43.2 Å². The molecule has 15 nitrogen and oxygen atoms in total. The topological polar surface area (TPSA) is 160 Å². The summed E-state index contributed by atoms with van der Waals surface area (Å²) in [6, 6.07) is 0. The van der Waals surface area contributed by atoms with E-state index in [0.29, 0.717) is 39.4 Å². The number of nitrogens with zero attached hydrogens (tertiary/aromatic N) is 3. The number of hydrogen-bond donors (Lipinski definition) is 0. The van der Waals surface area contributed by atoms with Crippen molar-refractivity contribution in [1.29, 1.82) is 0 Å². The van der Waals surface area contributed by atoms with Crippen LogP contribution >= 0.6 is 33.4 Å². The van der Waals surface area contributed by atoms with E-state index < -0.39 is 0 Å². The lowest BCUT2D eigenvalue weighted by Crippen LogP contribution is -2.33. The average molecular weight is 895 g/mol. The maximum atomic E-state index is 12.2. The van der Waals surface area contributed by atoms with E-state index >= 15 is 0 Å². The Morgan fingerprint density at radius 2 is 1.12 bits per heavy atom. The fourth-order valence-electron chi connectivity index (χ4n) is 4.32. The molecule has 346 valence electrons. The first kappa shape index (κ1) is 62.9. The Morgan fingerprint density at radius 3 is 1.57 bits per heavy atom. The molecule has 0 aliphatic carbocycles. The molecule has 0 aliphatic heterocycles. The number of esters is 4. The smallest absolute Gasteiger partial charge is 0.308 e. The van der Waals surface area contributed by atoms with E-state index in [4.69, 9.17) is 44.1 Å². The van der Waals surface area contributed by atoms with Crippen molar-refractivity contribution in [3.8, 4) is 0 Å². The van der Waals surface area contributed by atoms with Crippen molar-refractivity contribution < 1.29 is 57.4 Å². The number of ether oxygens (including phenoxy) is 5. The number of rotatable bonds is 34. The van der Waals surface area contributed by atoms with Crippen molar-refractivity contribution in [3.05, 3.63) is 0 Å². The molecule has 0 saturated carbocycles. The van der Waals surface area contributed by atoms with Crippen molar-refractivity contribution in [2.75, 3.05) is 132 Å². The Labute approximate surface area is 364 Å². The van der Waals surface area contributed by atoms with E-state index in [1.165, 1.54) is 11.0 Å². The number of methoxy groups -OCH3 is 1. The third kappa shape index (κ3) is 48.7. The molecule has 58 heavy (non-hydrogen) atoms. The van der Waals surface area contributed by atoms with Gasteiger partial charge >= 0.3 is 23.9 Å². The molecule has 0 aliphatic rings. The largest absolute Gasteiger partial charge is 0.463 e. The second-order valence-corrected chi connectivity index (χ2v) is 15.0. The predicted molar refractivity (Wildman–Crippen MR) is 236 cm³/mol. The van der Waals surface area contributed by atoms with Crippen LogP contribution in [0.1, 0.15) is 86.5 Å². The fraction of sp³-hybridized carbons (Fsp3) is 0.875. The maximum Gasteiger partial charge on any atom is 0.308 e. The first-order chi connectivity index (χ1) is 27.8. The predicted octanol–water partition coefficient (Wildman–Crippen LogP) is 6.04. The highest BCUT2D eigenvalue weighted by molar-refractivity contribution is 8.20. The van der Waals surface area contributed by atoms with Gasteiger partial charge in [0, 0.05) is 44.8 Å². The summed E-state index contributed by atoms with van der Waals surface area (Å²) >= 11 is 1.70. The zero-order chi connectivity index (χ0) is 44.8. The van der Waals surface area contributed by atoms with Gasteiger partial charge in [-0.25, -0.2) is 9.78 Å². The Morgan fingerprint density at radius 1 is 0.655 bits per heavy atom. The Kier molecular flexibility index (Phi) is 53.9. The molecule has 0 aromatic heterocycles. The fourth-order valence-corrected chi connectivity index (χ4v) is 4.92. The Hall–Kier alpha value is -1.70. The molecule has 0 aromatic carbocycles. The zero-order valence-corrected chi connectivity index (χ0v) is 40.1. The average Bonchev–Trinajstić information content (AvgIpc) is 3.21. The molecule has 0 heterocycles. The van der Waals surface area contributed by atoms with Gasteiger partial charge in [-0.05, 0) is 89.2 Å². The van der Waals surface area contributed by atoms with E-state index in [0.717, 1.165) is 57.4 Å². The molecule has 0 amide bonds. The molecule has 0 N–H and O–H groups in total. The number of thioether (sulfide) groups is 1. The number of unbranched alkanes of at least 4 members (excludes halogenated alkanes) is 1. The summed E-state index contributed by atoms with van der Waals surface area (Å²) in [4.78, 5) is 74.3. The van der Waals surface area contributed by atoms with E-state index in [9.17, 15) is 24.0 Å². The molecule has 0 saturated heterocycles. The quantitative estimate of drug-likeness (QED) is 0.0184. The van der Waals surface area contributed by atoms with Crippen LogP contribution in [0.3, 0.4) is 0 Å². The van der Waals surface area contributed by atoms with Crippen molar-refractivity contribution in [1.82, 2.24) is 14.7 Å². The van der Waals surface area contributed by atoms with Crippen LogP contribution < -0.4 is 0 Å². The van der Waals surface area contributed by atoms with E-state index in [-0.39, 0.29) is 88.0 Å². The van der Waals surface area contributed by atoms with E-state index in [2.05, 4.69) is 14.7 Å². The summed E-state index contributed by atoms with van der Waals surface area (Å²) in [5.41, 5.74) is 0. The van der Waals surface area contributed by atoms with Gasteiger partial charge in [0.1, 0.15) is 39.3 Å². The summed E-state index contributed by atoms with van der Waals surface area (Å²) < 4.78 is 25.4. The standard InChI is InChI=1S/C32H61N3O11.C5H10OS.C2H6.CH3ClS/c1-7-28(3)32(39)44-26-27-46-45-21-20-34(17-11-14-33(4)5)15-9-10-16-35(18-12-30(37)42-23-22-40-6)19-13-31(38)43-25-24-41-29(36)8-2;1-5(3-6)4-7-2;1-2;1-3-2/h28H,7-27H2,1-6H3;3,5H,4H2,1-2H3;1-2H3;1H3. The van der Waals surface area contributed by atoms with Crippen molar-refractivity contribution in [2.24, 2.45) is 11.8 Å². The zero-order valence-electron chi connectivity index (χ0n) is 37.7. The lowest BCUT2D eigenvalue weighted by atomic mass is 10.1. The molecule has 2 atom stereocenters. The van der Waals surface area contributed by atoms with Crippen LogP contribution in [0.15, 0.2) is 0 Å². The SMILES string of the molecule is CC.CCC(=O)OCCOC(=O)CCN(CCCCN(CCCN(C)C)CCOOCCOC(=O)C(C)CC)CCC(=O)OCCOC.CSCC(C)C=O.CSCl. The van der Waals surface area contributed by atoms with Crippen molar-refractivity contribution >= 4 is 63.6 Å². The molecular formula is C40H80ClN3O12S2. The monoisotopic (exact) mass is 893 g/mol. The number of hydrogen-bond acceptors (Lipinski definition) is 17. The minimum Gasteiger partial charge on any atom is -0.463 e. The molecule has 0 spiro atoms. The first-order valence-corrected chi connectivity index (χ1v) is 23.8. The molecule has 0 radical (unpaired) electrons. The third-order valence-corrected chi connectivity index (χ3v) is 8.51. The Bertz CT molecular complexity index is 961. The van der Waals surface area contributed by atoms with Gasteiger partial charge in [-0.15, -0.1) is 0 Å². The van der Waals surface area contributed by atoms with Gasteiger partial charge in [0.25, 0.3) is 0 Å². The number of halogens is 1. The highest BCUT2D eigenvalue weighted by Crippen LogP contribution is 2.06. The molecular weight excluding hydrogens is 814 g/mol.